The van der Waals surface area contributed by atoms with Crippen LogP contribution < -0.4 is 15.5 Å². The molecule has 0 spiro atoms. The van der Waals surface area contributed by atoms with Crippen LogP contribution in [-0.4, -0.2) is 24.6 Å². The van der Waals surface area contributed by atoms with Gasteiger partial charge in [0.15, 0.2) is 0 Å². The molecule has 130 valence electrons. The number of hydrogen-bond acceptors (Lipinski definition) is 4. The average Bonchev–Trinajstić information content (AvgIpc) is 2.61. The van der Waals surface area contributed by atoms with Gasteiger partial charge in [0.2, 0.25) is 5.91 Å². The van der Waals surface area contributed by atoms with E-state index >= 15 is 0 Å². The third kappa shape index (κ3) is 6.18. The summed E-state index contributed by atoms with van der Waals surface area (Å²) in [5.41, 5.74) is 4.13. The van der Waals surface area contributed by atoms with Crippen molar-refractivity contribution in [2.24, 2.45) is 5.10 Å². The molecule has 0 aromatic heterocycles. The summed E-state index contributed by atoms with van der Waals surface area (Å²) >= 11 is 2.20. The quantitative estimate of drug-likeness (QED) is 0.401. The molecule has 0 aliphatic rings. The van der Waals surface area contributed by atoms with E-state index in [0.717, 1.165) is 9.26 Å². The van der Waals surface area contributed by atoms with E-state index in [4.69, 9.17) is 4.74 Å². The number of benzene rings is 2. The van der Waals surface area contributed by atoms with Crippen molar-refractivity contribution in [1.29, 1.82) is 0 Å². The van der Waals surface area contributed by atoms with Crippen molar-refractivity contribution in [3.05, 3.63) is 57.7 Å². The van der Waals surface area contributed by atoms with Crippen molar-refractivity contribution in [3.63, 3.8) is 0 Å². The number of methoxy groups -OCH3 is 1. The second-order valence-electron chi connectivity index (χ2n) is 5.25. The molecule has 2 aromatic carbocycles. The number of nitrogens with zero attached hydrogens (tertiary/aromatic N) is 1. The molecule has 2 N–H and O–H groups in total. The number of ether oxygens (including phenoxy) is 1. The van der Waals surface area contributed by atoms with Crippen LogP contribution in [0.3, 0.4) is 0 Å². The number of hydrazone groups is 1. The van der Waals surface area contributed by atoms with Gasteiger partial charge in [-0.3, -0.25) is 9.59 Å². The van der Waals surface area contributed by atoms with Crippen molar-refractivity contribution in [3.8, 4) is 5.75 Å². The molecular formula is C18H18IN3O3. The summed E-state index contributed by atoms with van der Waals surface area (Å²) in [6.07, 6.45) is 0.0921. The van der Waals surface area contributed by atoms with Crippen LogP contribution in [0.5, 0.6) is 5.75 Å². The van der Waals surface area contributed by atoms with E-state index in [1.54, 1.807) is 38.3 Å². The highest BCUT2D eigenvalue weighted by Gasteiger charge is 2.07. The highest BCUT2D eigenvalue weighted by Crippen LogP contribution is 2.12. The van der Waals surface area contributed by atoms with E-state index in [1.165, 1.54) is 0 Å². The van der Waals surface area contributed by atoms with E-state index < -0.39 is 0 Å². The maximum absolute atomic E-state index is 12.0. The molecule has 0 atom stereocenters. The lowest BCUT2D eigenvalue weighted by atomic mass is 10.2. The molecule has 0 aliphatic carbocycles. The van der Waals surface area contributed by atoms with Crippen LogP contribution in [0.4, 0.5) is 5.69 Å². The molecule has 0 fully saturated rings. The van der Waals surface area contributed by atoms with Crippen LogP contribution >= 0.6 is 22.6 Å². The molecule has 2 amide bonds. The Morgan fingerprint density at radius 1 is 1.08 bits per heavy atom. The number of nitrogens with one attached hydrogen (secondary N) is 2. The fourth-order valence-corrected chi connectivity index (χ4v) is 2.32. The Morgan fingerprint density at radius 3 is 2.32 bits per heavy atom. The van der Waals surface area contributed by atoms with E-state index in [0.29, 0.717) is 17.0 Å². The lowest BCUT2D eigenvalue weighted by Gasteiger charge is -2.06. The van der Waals surface area contributed by atoms with Gasteiger partial charge in [-0.25, -0.2) is 5.43 Å². The molecule has 2 aromatic rings. The molecule has 0 saturated heterocycles. The third-order valence-corrected chi connectivity index (χ3v) is 3.96. The largest absolute Gasteiger partial charge is 0.497 e. The van der Waals surface area contributed by atoms with Crippen LogP contribution in [-0.2, 0) is 4.79 Å². The topological polar surface area (TPSA) is 79.8 Å². The minimum atomic E-state index is -0.347. The molecule has 2 rings (SSSR count). The van der Waals surface area contributed by atoms with E-state index in [9.17, 15) is 9.59 Å². The van der Waals surface area contributed by atoms with Crippen molar-refractivity contribution in [1.82, 2.24) is 5.43 Å². The van der Waals surface area contributed by atoms with Gasteiger partial charge in [0.1, 0.15) is 5.75 Å². The molecular weight excluding hydrogens is 433 g/mol. The van der Waals surface area contributed by atoms with Gasteiger partial charge < -0.3 is 10.1 Å². The van der Waals surface area contributed by atoms with Gasteiger partial charge in [-0.05, 0) is 78.0 Å². The Labute approximate surface area is 159 Å². The fraction of sp³-hybridized carbons (Fsp3) is 0.167. The summed E-state index contributed by atoms with van der Waals surface area (Å²) in [6, 6.07) is 14.2. The van der Waals surface area contributed by atoms with Gasteiger partial charge in [0, 0.05) is 20.5 Å². The minimum Gasteiger partial charge on any atom is -0.497 e. The van der Waals surface area contributed by atoms with Crippen molar-refractivity contribution in [2.45, 2.75) is 13.3 Å². The van der Waals surface area contributed by atoms with Crippen molar-refractivity contribution >= 4 is 45.8 Å². The molecule has 0 radical (unpaired) electrons. The monoisotopic (exact) mass is 451 g/mol. The highest BCUT2D eigenvalue weighted by atomic mass is 127. The molecule has 0 saturated carbocycles. The van der Waals surface area contributed by atoms with Crippen LogP contribution in [0.2, 0.25) is 0 Å². The number of carbonyl (C=O) groups is 2. The van der Waals surface area contributed by atoms with E-state index in [1.807, 2.05) is 24.3 Å². The number of amides is 2. The number of halogens is 1. The molecule has 6 nitrogen and oxygen atoms in total. The van der Waals surface area contributed by atoms with Crippen LogP contribution in [0, 0.1) is 3.57 Å². The summed E-state index contributed by atoms with van der Waals surface area (Å²) in [7, 11) is 1.56. The highest BCUT2D eigenvalue weighted by molar-refractivity contribution is 14.1. The number of anilines is 1. The van der Waals surface area contributed by atoms with Crippen LogP contribution in [0.25, 0.3) is 0 Å². The first-order valence-corrected chi connectivity index (χ1v) is 8.59. The lowest BCUT2D eigenvalue weighted by Crippen LogP contribution is -2.21. The number of hydrogen-bond donors (Lipinski definition) is 2. The predicted molar refractivity (Wildman–Crippen MR) is 106 cm³/mol. The zero-order valence-corrected chi connectivity index (χ0v) is 16.0. The van der Waals surface area contributed by atoms with Gasteiger partial charge in [0.25, 0.3) is 5.91 Å². The zero-order valence-electron chi connectivity index (χ0n) is 13.9. The first-order chi connectivity index (χ1) is 12.0. The SMILES string of the molecule is COc1ccc(C(=O)NN=C(C)CC(=O)Nc2ccc(I)cc2)cc1. The molecule has 0 aliphatic heterocycles. The Morgan fingerprint density at radius 2 is 1.72 bits per heavy atom. The Kier molecular flexibility index (Phi) is 6.93. The van der Waals surface area contributed by atoms with Gasteiger partial charge in [-0.2, -0.15) is 5.10 Å². The normalized spacial score (nSPS) is 10.9. The number of carbonyl (C=O) groups excluding carboxylic acids is 2. The molecule has 25 heavy (non-hydrogen) atoms. The van der Waals surface area contributed by atoms with Gasteiger partial charge in [0.05, 0.1) is 13.5 Å². The average molecular weight is 451 g/mol. The minimum absolute atomic E-state index is 0.0921. The number of rotatable bonds is 6. The van der Waals surface area contributed by atoms with Crippen molar-refractivity contribution in [2.75, 3.05) is 12.4 Å². The van der Waals surface area contributed by atoms with Crippen molar-refractivity contribution < 1.29 is 14.3 Å². The fourth-order valence-electron chi connectivity index (χ4n) is 1.96. The van der Waals surface area contributed by atoms with E-state index in [2.05, 4.69) is 38.4 Å². The third-order valence-electron chi connectivity index (χ3n) is 3.24. The zero-order chi connectivity index (χ0) is 18.2. The summed E-state index contributed by atoms with van der Waals surface area (Å²) < 4.78 is 6.13. The van der Waals surface area contributed by atoms with Gasteiger partial charge >= 0.3 is 0 Å². The summed E-state index contributed by atoms with van der Waals surface area (Å²) in [6.45, 7) is 1.68. The smallest absolute Gasteiger partial charge is 0.271 e. The summed E-state index contributed by atoms with van der Waals surface area (Å²) in [5.74, 6) is 0.129. The summed E-state index contributed by atoms with van der Waals surface area (Å²) in [5, 5.41) is 6.74. The van der Waals surface area contributed by atoms with Gasteiger partial charge in [-0.1, -0.05) is 0 Å². The Hall–Kier alpha value is -2.42. The summed E-state index contributed by atoms with van der Waals surface area (Å²) in [4.78, 5) is 24.0. The molecule has 7 heteroatoms. The Balaban J connectivity index is 1.86. The molecule has 0 unspecified atom stereocenters. The first kappa shape index (κ1) is 18.9. The maximum atomic E-state index is 12.0. The standard InChI is InChI=1S/C18H18IN3O3/c1-12(11-17(23)20-15-7-5-14(19)6-8-15)21-22-18(24)13-3-9-16(25-2)10-4-13/h3-10H,11H2,1-2H3,(H,20,23)(H,22,24). The van der Waals surface area contributed by atoms with E-state index in [-0.39, 0.29) is 18.2 Å². The van der Waals surface area contributed by atoms with Crippen LogP contribution in [0.15, 0.2) is 53.6 Å². The molecule has 0 heterocycles. The van der Waals surface area contributed by atoms with Gasteiger partial charge in [-0.15, -0.1) is 0 Å². The second-order valence-corrected chi connectivity index (χ2v) is 6.49. The lowest BCUT2D eigenvalue weighted by molar-refractivity contribution is -0.115. The second kappa shape index (κ2) is 9.16. The van der Waals surface area contributed by atoms with Crippen LogP contribution in [0.1, 0.15) is 23.7 Å². The predicted octanol–water partition coefficient (Wildman–Crippen LogP) is 3.43. The molecule has 0 bridgehead atoms. The maximum Gasteiger partial charge on any atom is 0.271 e. The first-order valence-electron chi connectivity index (χ1n) is 7.51. The Bertz CT molecular complexity index is 771.